The number of nitrogen functional groups attached to an aromatic ring is 1. The Labute approximate surface area is 116 Å². The van der Waals surface area contributed by atoms with Crippen molar-refractivity contribution >= 4 is 23.0 Å². The molecular weight excluding hydrogens is 262 g/mol. The summed E-state index contributed by atoms with van der Waals surface area (Å²) in [5, 5.41) is 0. The van der Waals surface area contributed by atoms with Crippen LogP contribution in [-0.4, -0.2) is 36.8 Å². The van der Waals surface area contributed by atoms with Crippen molar-refractivity contribution in [2.24, 2.45) is 0 Å². The SMILES string of the molecule is COC(=O)C(C)n1c(N)nc2cc(OC)c(OC)cc21. The maximum absolute atomic E-state index is 11.7. The summed E-state index contributed by atoms with van der Waals surface area (Å²) < 4.78 is 16.8. The fraction of sp³-hybridized carbons (Fsp3) is 0.385. The number of aromatic nitrogens is 2. The highest BCUT2D eigenvalue weighted by molar-refractivity contribution is 5.85. The molecule has 2 N–H and O–H groups in total. The molecule has 0 aliphatic heterocycles. The third-order valence-corrected chi connectivity index (χ3v) is 3.15. The highest BCUT2D eigenvalue weighted by Crippen LogP contribution is 2.34. The number of benzene rings is 1. The number of hydrogen-bond donors (Lipinski definition) is 1. The molecule has 0 radical (unpaired) electrons. The van der Waals surface area contributed by atoms with Crippen molar-refractivity contribution in [1.82, 2.24) is 9.55 Å². The first-order valence-corrected chi connectivity index (χ1v) is 6.00. The van der Waals surface area contributed by atoms with Gasteiger partial charge in [-0.2, -0.15) is 0 Å². The molecule has 0 aliphatic rings. The van der Waals surface area contributed by atoms with Crippen LogP contribution < -0.4 is 15.2 Å². The first-order valence-electron chi connectivity index (χ1n) is 6.00. The summed E-state index contributed by atoms with van der Waals surface area (Å²) in [4.78, 5) is 15.9. The molecule has 1 unspecified atom stereocenters. The number of nitrogens with two attached hydrogens (primary N) is 1. The molecule has 7 heteroatoms. The first-order chi connectivity index (χ1) is 9.53. The Morgan fingerprint density at radius 2 is 1.85 bits per heavy atom. The number of ether oxygens (including phenoxy) is 3. The zero-order chi connectivity index (χ0) is 14.9. The van der Waals surface area contributed by atoms with Gasteiger partial charge in [0.15, 0.2) is 11.5 Å². The van der Waals surface area contributed by atoms with Crippen molar-refractivity contribution < 1.29 is 19.0 Å². The molecule has 108 valence electrons. The van der Waals surface area contributed by atoms with Crippen LogP contribution in [-0.2, 0) is 9.53 Å². The first kappa shape index (κ1) is 14.0. The molecule has 1 atom stereocenters. The van der Waals surface area contributed by atoms with Gasteiger partial charge >= 0.3 is 5.97 Å². The van der Waals surface area contributed by atoms with Gasteiger partial charge in [-0.05, 0) is 6.92 Å². The van der Waals surface area contributed by atoms with Crippen molar-refractivity contribution in [3.63, 3.8) is 0 Å². The Kier molecular flexibility index (Phi) is 3.69. The Bertz CT molecular complexity index is 651. The third kappa shape index (κ3) is 2.11. The summed E-state index contributed by atoms with van der Waals surface area (Å²) in [5.41, 5.74) is 7.19. The molecule has 0 saturated carbocycles. The third-order valence-electron chi connectivity index (χ3n) is 3.15. The molecule has 0 spiro atoms. The van der Waals surface area contributed by atoms with Crippen LogP contribution in [0.25, 0.3) is 11.0 Å². The van der Waals surface area contributed by atoms with Gasteiger partial charge in [0.05, 0.1) is 32.4 Å². The fourth-order valence-corrected chi connectivity index (χ4v) is 2.12. The number of anilines is 1. The number of carbonyl (C=O) groups excluding carboxylic acids is 1. The minimum Gasteiger partial charge on any atom is -0.493 e. The molecule has 0 saturated heterocycles. The quantitative estimate of drug-likeness (QED) is 0.850. The van der Waals surface area contributed by atoms with Crippen LogP contribution in [0, 0.1) is 0 Å². The van der Waals surface area contributed by atoms with E-state index in [1.165, 1.54) is 14.2 Å². The number of carbonyl (C=O) groups is 1. The maximum Gasteiger partial charge on any atom is 0.328 e. The van der Waals surface area contributed by atoms with Gasteiger partial charge in [-0.25, -0.2) is 9.78 Å². The smallest absolute Gasteiger partial charge is 0.328 e. The lowest BCUT2D eigenvalue weighted by atomic mass is 10.2. The minimum atomic E-state index is -0.580. The van der Waals surface area contributed by atoms with E-state index in [9.17, 15) is 4.79 Å². The Morgan fingerprint density at radius 1 is 1.25 bits per heavy atom. The predicted octanol–water partition coefficient (Wildman–Crippen LogP) is 1.37. The molecule has 0 aliphatic carbocycles. The standard InChI is InChI=1S/C13H17N3O4/c1-7(12(17)20-4)16-9-6-11(19-3)10(18-2)5-8(9)15-13(16)14/h5-7H,1-4H3,(H2,14,15). The molecule has 7 nitrogen and oxygen atoms in total. The zero-order valence-corrected chi connectivity index (χ0v) is 11.8. The molecule has 0 amide bonds. The van der Waals surface area contributed by atoms with E-state index in [2.05, 4.69) is 4.98 Å². The van der Waals surface area contributed by atoms with Crippen LogP contribution in [0.3, 0.4) is 0 Å². The monoisotopic (exact) mass is 279 g/mol. The number of nitrogens with zero attached hydrogens (tertiary/aromatic N) is 2. The molecule has 2 aromatic rings. The second-order valence-corrected chi connectivity index (χ2v) is 4.24. The summed E-state index contributed by atoms with van der Waals surface area (Å²) in [7, 11) is 4.41. The van der Waals surface area contributed by atoms with Gasteiger partial charge < -0.3 is 19.9 Å². The van der Waals surface area contributed by atoms with Crippen LogP contribution in [0.5, 0.6) is 11.5 Å². The van der Waals surface area contributed by atoms with Gasteiger partial charge in [-0.15, -0.1) is 0 Å². The van der Waals surface area contributed by atoms with E-state index in [1.807, 2.05) is 0 Å². The van der Waals surface area contributed by atoms with E-state index in [-0.39, 0.29) is 5.95 Å². The lowest BCUT2D eigenvalue weighted by Crippen LogP contribution is -2.19. The van der Waals surface area contributed by atoms with Crippen LogP contribution in [0.2, 0.25) is 0 Å². The predicted molar refractivity (Wildman–Crippen MR) is 74.0 cm³/mol. The van der Waals surface area contributed by atoms with Crippen molar-refractivity contribution in [3.05, 3.63) is 12.1 Å². The Morgan fingerprint density at radius 3 is 2.40 bits per heavy atom. The summed E-state index contributed by atoms with van der Waals surface area (Å²) in [6.07, 6.45) is 0. The number of esters is 1. The van der Waals surface area contributed by atoms with E-state index in [0.29, 0.717) is 22.5 Å². The lowest BCUT2D eigenvalue weighted by Gasteiger charge is -2.14. The largest absolute Gasteiger partial charge is 0.493 e. The van der Waals surface area contributed by atoms with E-state index in [4.69, 9.17) is 19.9 Å². The van der Waals surface area contributed by atoms with Gasteiger partial charge in [0.25, 0.3) is 0 Å². The number of methoxy groups -OCH3 is 3. The Balaban J connectivity index is 2.66. The molecule has 1 heterocycles. The average molecular weight is 279 g/mol. The van der Waals surface area contributed by atoms with Gasteiger partial charge in [-0.1, -0.05) is 0 Å². The van der Waals surface area contributed by atoms with E-state index >= 15 is 0 Å². The molecule has 0 bridgehead atoms. The lowest BCUT2D eigenvalue weighted by molar-refractivity contribution is -0.143. The number of fused-ring (bicyclic) bond motifs is 1. The van der Waals surface area contributed by atoms with Crippen LogP contribution in [0.15, 0.2) is 12.1 Å². The number of rotatable bonds is 4. The second-order valence-electron chi connectivity index (χ2n) is 4.24. The highest BCUT2D eigenvalue weighted by atomic mass is 16.5. The van der Waals surface area contributed by atoms with E-state index in [1.54, 1.807) is 30.7 Å². The average Bonchev–Trinajstić information content (AvgIpc) is 2.78. The summed E-state index contributed by atoms with van der Waals surface area (Å²) in [6, 6.07) is 2.87. The van der Waals surface area contributed by atoms with Crippen molar-refractivity contribution in [3.8, 4) is 11.5 Å². The molecule has 2 rings (SSSR count). The topological polar surface area (TPSA) is 88.6 Å². The minimum absolute atomic E-state index is 0.230. The fourth-order valence-electron chi connectivity index (χ4n) is 2.12. The van der Waals surface area contributed by atoms with Gasteiger partial charge in [0.1, 0.15) is 6.04 Å². The van der Waals surface area contributed by atoms with E-state index < -0.39 is 12.0 Å². The highest BCUT2D eigenvalue weighted by Gasteiger charge is 2.22. The number of imidazole rings is 1. The molecular formula is C13H17N3O4. The second kappa shape index (κ2) is 5.28. The molecule has 20 heavy (non-hydrogen) atoms. The van der Waals surface area contributed by atoms with Crippen LogP contribution in [0.1, 0.15) is 13.0 Å². The summed E-state index contributed by atoms with van der Waals surface area (Å²) in [6.45, 7) is 1.69. The summed E-state index contributed by atoms with van der Waals surface area (Å²) >= 11 is 0. The van der Waals surface area contributed by atoms with Gasteiger partial charge in [0, 0.05) is 12.1 Å². The van der Waals surface area contributed by atoms with Crippen LogP contribution in [0.4, 0.5) is 5.95 Å². The molecule has 1 aromatic carbocycles. The molecule has 0 fully saturated rings. The van der Waals surface area contributed by atoms with Crippen molar-refractivity contribution in [2.75, 3.05) is 27.1 Å². The zero-order valence-electron chi connectivity index (χ0n) is 11.8. The van der Waals surface area contributed by atoms with Crippen LogP contribution >= 0.6 is 0 Å². The molecule has 1 aromatic heterocycles. The van der Waals surface area contributed by atoms with Crippen molar-refractivity contribution in [2.45, 2.75) is 13.0 Å². The summed E-state index contributed by atoms with van der Waals surface area (Å²) in [5.74, 6) is 0.924. The Hall–Kier alpha value is -2.44. The van der Waals surface area contributed by atoms with E-state index in [0.717, 1.165) is 0 Å². The normalized spacial score (nSPS) is 12.2. The maximum atomic E-state index is 11.7. The van der Waals surface area contributed by atoms with Gasteiger partial charge in [-0.3, -0.25) is 4.57 Å². The van der Waals surface area contributed by atoms with Crippen molar-refractivity contribution in [1.29, 1.82) is 0 Å². The van der Waals surface area contributed by atoms with Gasteiger partial charge in [0.2, 0.25) is 5.95 Å². The number of hydrogen-bond acceptors (Lipinski definition) is 6.